The fourth-order valence-corrected chi connectivity index (χ4v) is 4.78. The highest BCUT2D eigenvalue weighted by Crippen LogP contribution is 2.34. The van der Waals surface area contributed by atoms with Gasteiger partial charge in [0, 0.05) is 17.8 Å². The molecule has 0 saturated carbocycles. The lowest BCUT2D eigenvalue weighted by molar-refractivity contribution is -0.147. The molecule has 0 bridgehead atoms. The van der Waals surface area contributed by atoms with Gasteiger partial charge in [0.1, 0.15) is 11.8 Å². The molecule has 192 valence electrons. The van der Waals surface area contributed by atoms with Crippen molar-refractivity contribution in [3.8, 4) is 22.6 Å². The SMILES string of the molecule is COC(=O)C(C(C)C)N1Cc2ccc(-c3ccc(Nc4ccccc4Oc4ccccc4)cc3)cc2C1=O. The smallest absolute Gasteiger partial charge is 0.328 e. The molecule has 0 fully saturated rings. The van der Waals surface area contributed by atoms with Gasteiger partial charge in [0.2, 0.25) is 0 Å². The number of carbonyl (C=O) groups excluding carboxylic acids is 2. The van der Waals surface area contributed by atoms with Gasteiger partial charge in [-0.2, -0.15) is 0 Å². The molecule has 1 aliphatic rings. The van der Waals surface area contributed by atoms with Crippen LogP contribution in [-0.4, -0.2) is 29.9 Å². The molecule has 0 aromatic heterocycles. The summed E-state index contributed by atoms with van der Waals surface area (Å²) in [5, 5.41) is 3.44. The summed E-state index contributed by atoms with van der Waals surface area (Å²) in [6, 6.07) is 30.8. The molecule has 4 aromatic carbocycles. The van der Waals surface area contributed by atoms with E-state index in [1.165, 1.54) is 7.11 Å². The second-order valence-corrected chi connectivity index (χ2v) is 9.63. The number of amides is 1. The molecule has 0 radical (unpaired) electrons. The summed E-state index contributed by atoms with van der Waals surface area (Å²) in [6.07, 6.45) is 0. The van der Waals surface area contributed by atoms with Crippen LogP contribution in [0.25, 0.3) is 11.1 Å². The van der Waals surface area contributed by atoms with E-state index in [-0.39, 0.29) is 17.8 Å². The minimum absolute atomic E-state index is 0.0524. The second-order valence-electron chi connectivity index (χ2n) is 9.63. The Labute approximate surface area is 222 Å². The fraction of sp³-hybridized carbons (Fsp3) is 0.188. The number of nitrogens with zero attached hydrogens (tertiary/aromatic N) is 1. The zero-order chi connectivity index (χ0) is 26.6. The summed E-state index contributed by atoms with van der Waals surface area (Å²) in [7, 11) is 1.36. The Kier molecular flexibility index (Phi) is 7.13. The average molecular weight is 507 g/mol. The number of methoxy groups -OCH3 is 1. The van der Waals surface area contributed by atoms with Gasteiger partial charge in [0.25, 0.3) is 5.91 Å². The van der Waals surface area contributed by atoms with E-state index in [0.717, 1.165) is 39.6 Å². The van der Waals surface area contributed by atoms with Crippen LogP contribution in [0.4, 0.5) is 11.4 Å². The highest BCUT2D eigenvalue weighted by Gasteiger charge is 2.38. The zero-order valence-electron chi connectivity index (χ0n) is 21.7. The first-order valence-corrected chi connectivity index (χ1v) is 12.7. The van der Waals surface area contributed by atoms with E-state index in [2.05, 4.69) is 5.32 Å². The lowest BCUT2D eigenvalue weighted by atomic mass is 10.00. The fourth-order valence-electron chi connectivity index (χ4n) is 4.78. The predicted molar refractivity (Wildman–Crippen MR) is 149 cm³/mol. The predicted octanol–water partition coefficient (Wildman–Crippen LogP) is 7.04. The van der Waals surface area contributed by atoms with E-state index >= 15 is 0 Å². The Hall–Kier alpha value is -4.58. The Morgan fingerprint density at radius 1 is 0.868 bits per heavy atom. The average Bonchev–Trinajstić information content (AvgIpc) is 3.25. The van der Waals surface area contributed by atoms with Gasteiger partial charge in [0.05, 0.1) is 12.8 Å². The minimum Gasteiger partial charge on any atom is -0.467 e. The highest BCUT2D eigenvalue weighted by molar-refractivity contribution is 6.01. The number of fused-ring (bicyclic) bond motifs is 1. The summed E-state index contributed by atoms with van der Waals surface area (Å²) in [5.41, 5.74) is 5.26. The summed E-state index contributed by atoms with van der Waals surface area (Å²) in [6.45, 7) is 4.25. The van der Waals surface area contributed by atoms with E-state index in [4.69, 9.17) is 9.47 Å². The summed E-state index contributed by atoms with van der Waals surface area (Å²) >= 11 is 0. The number of esters is 1. The maximum absolute atomic E-state index is 13.3. The van der Waals surface area contributed by atoms with Crippen molar-refractivity contribution in [2.75, 3.05) is 12.4 Å². The van der Waals surface area contributed by atoms with Crippen LogP contribution in [0.2, 0.25) is 0 Å². The zero-order valence-corrected chi connectivity index (χ0v) is 21.7. The molecule has 6 nitrogen and oxygen atoms in total. The standard InChI is InChI=1S/C32H30N2O4/c1-21(2)30(32(36)37-3)34-20-24-14-13-23(19-27(24)31(34)35)22-15-17-25(18-16-22)33-28-11-7-8-12-29(28)38-26-9-5-4-6-10-26/h4-19,21,30,33H,20H2,1-3H3. The van der Waals surface area contributed by atoms with Crippen LogP contribution in [-0.2, 0) is 16.1 Å². The van der Waals surface area contributed by atoms with Gasteiger partial charge in [-0.1, -0.05) is 68.4 Å². The summed E-state index contributed by atoms with van der Waals surface area (Å²) in [4.78, 5) is 27.3. The number of carbonyl (C=O) groups is 2. The van der Waals surface area contributed by atoms with Crippen molar-refractivity contribution in [3.63, 3.8) is 0 Å². The number of rotatable bonds is 8. The van der Waals surface area contributed by atoms with E-state index < -0.39 is 6.04 Å². The van der Waals surface area contributed by atoms with Crippen LogP contribution in [0, 0.1) is 5.92 Å². The van der Waals surface area contributed by atoms with Gasteiger partial charge < -0.3 is 19.7 Å². The Bertz CT molecular complexity index is 1450. The van der Waals surface area contributed by atoms with E-state index in [0.29, 0.717) is 12.1 Å². The molecule has 0 spiro atoms. The van der Waals surface area contributed by atoms with Crippen molar-refractivity contribution >= 4 is 23.3 Å². The molecular weight excluding hydrogens is 476 g/mol. The van der Waals surface area contributed by atoms with Crippen LogP contribution in [0.3, 0.4) is 0 Å². The molecule has 1 heterocycles. The normalized spacial score (nSPS) is 13.3. The molecule has 1 aliphatic heterocycles. The molecule has 0 aliphatic carbocycles. The van der Waals surface area contributed by atoms with Crippen molar-refractivity contribution in [2.45, 2.75) is 26.4 Å². The highest BCUT2D eigenvalue weighted by atomic mass is 16.5. The molecule has 1 N–H and O–H groups in total. The largest absolute Gasteiger partial charge is 0.467 e. The van der Waals surface area contributed by atoms with E-state index in [1.807, 2.05) is 111 Å². The van der Waals surface area contributed by atoms with Crippen LogP contribution < -0.4 is 10.1 Å². The number of benzene rings is 4. The van der Waals surface area contributed by atoms with Crippen molar-refractivity contribution in [2.24, 2.45) is 5.92 Å². The number of hydrogen-bond donors (Lipinski definition) is 1. The van der Waals surface area contributed by atoms with Gasteiger partial charge in [-0.3, -0.25) is 4.79 Å². The van der Waals surface area contributed by atoms with Gasteiger partial charge in [-0.25, -0.2) is 4.79 Å². The van der Waals surface area contributed by atoms with Gasteiger partial charge >= 0.3 is 5.97 Å². The monoisotopic (exact) mass is 506 g/mol. The maximum Gasteiger partial charge on any atom is 0.328 e. The first kappa shape index (κ1) is 25.1. The molecule has 4 aromatic rings. The third-order valence-corrected chi connectivity index (χ3v) is 6.71. The third-order valence-electron chi connectivity index (χ3n) is 6.71. The first-order valence-electron chi connectivity index (χ1n) is 12.7. The Morgan fingerprint density at radius 2 is 1.55 bits per heavy atom. The quantitative estimate of drug-likeness (QED) is 0.260. The number of ether oxygens (including phenoxy) is 2. The summed E-state index contributed by atoms with van der Waals surface area (Å²) in [5.74, 6) is 0.923. The second kappa shape index (κ2) is 10.8. The molecule has 1 unspecified atom stereocenters. The van der Waals surface area contributed by atoms with Crippen LogP contribution >= 0.6 is 0 Å². The molecule has 6 heteroatoms. The number of para-hydroxylation sites is 3. The van der Waals surface area contributed by atoms with Gasteiger partial charge in [-0.05, 0) is 65.1 Å². The first-order chi connectivity index (χ1) is 18.4. The molecule has 1 atom stereocenters. The maximum atomic E-state index is 13.3. The molecular formula is C32H30N2O4. The topological polar surface area (TPSA) is 67.9 Å². The number of nitrogens with one attached hydrogen (secondary N) is 1. The van der Waals surface area contributed by atoms with Crippen molar-refractivity contribution < 1.29 is 19.1 Å². The lowest BCUT2D eigenvalue weighted by Gasteiger charge is -2.28. The van der Waals surface area contributed by atoms with Crippen molar-refractivity contribution in [1.29, 1.82) is 0 Å². The van der Waals surface area contributed by atoms with E-state index in [1.54, 1.807) is 4.90 Å². The molecule has 5 rings (SSSR count). The molecule has 1 amide bonds. The van der Waals surface area contributed by atoms with Crippen LogP contribution in [0.1, 0.15) is 29.8 Å². The van der Waals surface area contributed by atoms with Gasteiger partial charge in [0.15, 0.2) is 5.75 Å². The molecule has 38 heavy (non-hydrogen) atoms. The Morgan fingerprint density at radius 3 is 2.26 bits per heavy atom. The van der Waals surface area contributed by atoms with Gasteiger partial charge in [-0.15, -0.1) is 0 Å². The van der Waals surface area contributed by atoms with Crippen molar-refractivity contribution in [1.82, 2.24) is 4.90 Å². The summed E-state index contributed by atoms with van der Waals surface area (Å²) < 4.78 is 11.0. The Balaban J connectivity index is 1.33. The minimum atomic E-state index is -0.609. The molecule has 0 saturated heterocycles. The third kappa shape index (κ3) is 5.11. The van der Waals surface area contributed by atoms with Crippen molar-refractivity contribution in [3.05, 3.63) is 108 Å². The number of hydrogen-bond acceptors (Lipinski definition) is 5. The van der Waals surface area contributed by atoms with E-state index in [9.17, 15) is 9.59 Å². The van der Waals surface area contributed by atoms with Crippen LogP contribution in [0.15, 0.2) is 97.1 Å². The number of anilines is 2. The lowest BCUT2D eigenvalue weighted by Crippen LogP contribution is -2.45. The van der Waals surface area contributed by atoms with Crippen LogP contribution in [0.5, 0.6) is 11.5 Å².